The topological polar surface area (TPSA) is 38.3 Å². The summed E-state index contributed by atoms with van der Waals surface area (Å²) in [6.07, 6.45) is 0.230. The maximum absolute atomic E-state index is 12.0. The van der Waals surface area contributed by atoms with Crippen molar-refractivity contribution < 1.29 is 9.53 Å². The van der Waals surface area contributed by atoms with Gasteiger partial charge in [-0.3, -0.25) is 4.79 Å². The van der Waals surface area contributed by atoms with Crippen LogP contribution >= 0.6 is 0 Å². The molecule has 0 fully saturated rings. The number of rotatable bonds is 6. The van der Waals surface area contributed by atoms with Crippen molar-refractivity contribution in [2.75, 3.05) is 0 Å². The second-order valence-corrected chi connectivity index (χ2v) is 5.72. The zero-order valence-electron chi connectivity index (χ0n) is 13.4. The van der Waals surface area contributed by atoms with E-state index in [1.807, 2.05) is 69.3 Å². The van der Waals surface area contributed by atoms with Gasteiger partial charge in [0.2, 0.25) is 0 Å². The molecule has 0 saturated heterocycles. The van der Waals surface area contributed by atoms with E-state index in [1.54, 1.807) is 0 Å². The lowest BCUT2D eigenvalue weighted by molar-refractivity contribution is 0.0657. The number of nitrogens with one attached hydrogen (secondary N) is 1. The van der Waals surface area contributed by atoms with Crippen LogP contribution in [0.2, 0.25) is 0 Å². The van der Waals surface area contributed by atoms with Crippen molar-refractivity contribution in [2.45, 2.75) is 40.0 Å². The van der Waals surface area contributed by atoms with Gasteiger partial charge in [-0.1, -0.05) is 42.0 Å². The van der Waals surface area contributed by atoms with Gasteiger partial charge in [-0.2, -0.15) is 0 Å². The van der Waals surface area contributed by atoms with Crippen molar-refractivity contribution in [3.63, 3.8) is 0 Å². The van der Waals surface area contributed by atoms with Crippen LogP contribution in [0.1, 0.15) is 40.9 Å². The third-order valence-corrected chi connectivity index (χ3v) is 3.37. The number of ether oxygens (including phenoxy) is 1. The van der Waals surface area contributed by atoms with Gasteiger partial charge in [0.1, 0.15) is 0 Å². The highest BCUT2D eigenvalue weighted by Crippen LogP contribution is 2.08. The van der Waals surface area contributed by atoms with Crippen LogP contribution in [0.3, 0.4) is 0 Å². The number of carbonyl (C=O) groups excluding carboxylic acids is 1. The van der Waals surface area contributed by atoms with Crippen LogP contribution in [0.5, 0.6) is 0 Å². The van der Waals surface area contributed by atoms with E-state index in [4.69, 9.17) is 4.74 Å². The monoisotopic (exact) mass is 297 g/mol. The molecule has 0 aliphatic rings. The van der Waals surface area contributed by atoms with Crippen LogP contribution in [-0.2, 0) is 17.9 Å². The Morgan fingerprint density at radius 1 is 1.00 bits per heavy atom. The molecule has 0 unspecified atom stereocenters. The number of benzene rings is 2. The molecule has 0 saturated carbocycles. The van der Waals surface area contributed by atoms with E-state index in [0.29, 0.717) is 18.7 Å². The number of aryl methyl sites for hydroxylation is 1. The zero-order valence-corrected chi connectivity index (χ0v) is 13.4. The van der Waals surface area contributed by atoms with Crippen LogP contribution in [0.25, 0.3) is 0 Å². The minimum atomic E-state index is -0.0489. The average molecular weight is 297 g/mol. The molecule has 0 aromatic heterocycles. The van der Waals surface area contributed by atoms with E-state index >= 15 is 0 Å². The predicted octanol–water partition coefficient (Wildman–Crippen LogP) is 3.85. The van der Waals surface area contributed by atoms with E-state index < -0.39 is 0 Å². The number of hydrogen-bond donors (Lipinski definition) is 1. The normalized spacial score (nSPS) is 10.7. The van der Waals surface area contributed by atoms with Gasteiger partial charge >= 0.3 is 0 Å². The van der Waals surface area contributed by atoms with Gasteiger partial charge in [-0.05, 0) is 44.0 Å². The number of amides is 1. The molecule has 0 radical (unpaired) electrons. The summed E-state index contributed by atoms with van der Waals surface area (Å²) in [5.41, 5.74) is 4.05. The van der Waals surface area contributed by atoms with Crippen LogP contribution in [0.15, 0.2) is 48.5 Å². The summed E-state index contributed by atoms with van der Waals surface area (Å²) in [6.45, 7) is 7.20. The minimum absolute atomic E-state index is 0.0489. The molecular formula is C19H23NO2. The molecule has 2 rings (SSSR count). The van der Waals surface area contributed by atoms with E-state index in [2.05, 4.69) is 5.32 Å². The Kier molecular flexibility index (Phi) is 5.73. The van der Waals surface area contributed by atoms with E-state index in [9.17, 15) is 4.79 Å². The molecule has 3 nitrogen and oxygen atoms in total. The summed E-state index contributed by atoms with van der Waals surface area (Å²) >= 11 is 0. The molecule has 0 aliphatic carbocycles. The Morgan fingerprint density at radius 3 is 2.18 bits per heavy atom. The highest BCUT2D eigenvalue weighted by molar-refractivity contribution is 5.94. The van der Waals surface area contributed by atoms with E-state index in [0.717, 1.165) is 16.7 Å². The fourth-order valence-electron chi connectivity index (χ4n) is 2.01. The summed E-state index contributed by atoms with van der Waals surface area (Å²) < 4.78 is 5.56. The lowest BCUT2D eigenvalue weighted by atomic mass is 10.1. The van der Waals surface area contributed by atoms with Crippen molar-refractivity contribution >= 4 is 5.91 Å². The summed E-state index contributed by atoms with van der Waals surface area (Å²) in [5.74, 6) is -0.0489. The van der Waals surface area contributed by atoms with Crippen molar-refractivity contribution in [1.29, 1.82) is 0 Å². The Morgan fingerprint density at radius 2 is 1.59 bits per heavy atom. The van der Waals surface area contributed by atoms with Crippen molar-refractivity contribution in [3.05, 3.63) is 70.8 Å². The summed E-state index contributed by atoms with van der Waals surface area (Å²) in [4.78, 5) is 12.0. The first-order valence-electron chi connectivity index (χ1n) is 7.59. The molecule has 0 atom stereocenters. The molecule has 0 bridgehead atoms. The SMILES string of the molecule is Cc1ccc(C(=O)NCc2ccc(COC(C)C)cc2)cc1. The summed E-state index contributed by atoms with van der Waals surface area (Å²) in [7, 11) is 0. The van der Waals surface area contributed by atoms with Crippen molar-refractivity contribution in [3.8, 4) is 0 Å². The Hall–Kier alpha value is -2.13. The van der Waals surface area contributed by atoms with Crippen LogP contribution in [0, 0.1) is 6.92 Å². The standard InChI is InChI=1S/C19H23NO2/c1-14(2)22-13-17-8-6-16(7-9-17)12-20-19(21)18-10-4-15(3)5-11-18/h4-11,14H,12-13H2,1-3H3,(H,20,21). The molecule has 1 N–H and O–H groups in total. The third kappa shape index (κ3) is 5.01. The highest BCUT2D eigenvalue weighted by Gasteiger charge is 2.04. The van der Waals surface area contributed by atoms with Gasteiger partial charge in [0.05, 0.1) is 12.7 Å². The number of carbonyl (C=O) groups is 1. The van der Waals surface area contributed by atoms with Gasteiger partial charge < -0.3 is 10.1 Å². The summed E-state index contributed by atoms with van der Waals surface area (Å²) in [5, 5.41) is 2.93. The molecule has 0 heterocycles. The first-order valence-corrected chi connectivity index (χ1v) is 7.59. The van der Waals surface area contributed by atoms with Gasteiger partial charge in [-0.15, -0.1) is 0 Å². The third-order valence-electron chi connectivity index (χ3n) is 3.37. The molecule has 22 heavy (non-hydrogen) atoms. The first-order chi connectivity index (χ1) is 10.5. The Labute approximate surface area is 132 Å². The second kappa shape index (κ2) is 7.76. The molecule has 0 spiro atoms. The minimum Gasteiger partial charge on any atom is -0.374 e. The maximum atomic E-state index is 12.0. The Balaban J connectivity index is 1.86. The molecule has 116 valence electrons. The predicted molar refractivity (Wildman–Crippen MR) is 88.7 cm³/mol. The quantitative estimate of drug-likeness (QED) is 0.879. The van der Waals surface area contributed by atoms with E-state index in [1.165, 1.54) is 0 Å². The molecule has 1 amide bonds. The molecule has 2 aromatic rings. The average Bonchev–Trinajstić information content (AvgIpc) is 2.52. The fourth-order valence-corrected chi connectivity index (χ4v) is 2.01. The maximum Gasteiger partial charge on any atom is 0.251 e. The van der Waals surface area contributed by atoms with Crippen molar-refractivity contribution in [2.24, 2.45) is 0 Å². The highest BCUT2D eigenvalue weighted by atomic mass is 16.5. The summed E-state index contributed by atoms with van der Waals surface area (Å²) in [6, 6.07) is 15.7. The molecular weight excluding hydrogens is 274 g/mol. The fraction of sp³-hybridized carbons (Fsp3) is 0.316. The van der Waals surface area contributed by atoms with Crippen LogP contribution in [0.4, 0.5) is 0 Å². The smallest absolute Gasteiger partial charge is 0.251 e. The van der Waals surface area contributed by atoms with Gasteiger partial charge in [0, 0.05) is 12.1 Å². The molecule has 2 aromatic carbocycles. The van der Waals surface area contributed by atoms with Gasteiger partial charge in [0.15, 0.2) is 0 Å². The lowest BCUT2D eigenvalue weighted by Crippen LogP contribution is -2.22. The Bertz CT molecular complexity index is 600. The number of hydrogen-bond acceptors (Lipinski definition) is 2. The van der Waals surface area contributed by atoms with Crippen LogP contribution < -0.4 is 5.32 Å². The zero-order chi connectivity index (χ0) is 15.9. The molecule has 0 aliphatic heterocycles. The van der Waals surface area contributed by atoms with E-state index in [-0.39, 0.29) is 12.0 Å². The van der Waals surface area contributed by atoms with Gasteiger partial charge in [0.25, 0.3) is 5.91 Å². The van der Waals surface area contributed by atoms with Crippen molar-refractivity contribution in [1.82, 2.24) is 5.32 Å². The van der Waals surface area contributed by atoms with Crippen LogP contribution in [-0.4, -0.2) is 12.0 Å². The molecule has 3 heteroatoms. The lowest BCUT2D eigenvalue weighted by Gasteiger charge is -2.09. The second-order valence-electron chi connectivity index (χ2n) is 5.72. The largest absolute Gasteiger partial charge is 0.374 e. The van der Waals surface area contributed by atoms with Gasteiger partial charge in [-0.25, -0.2) is 0 Å². The first kappa shape index (κ1) is 16.2.